The minimum atomic E-state index is -4.62. The summed E-state index contributed by atoms with van der Waals surface area (Å²) < 4.78 is 48.0. The van der Waals surface area contributed by atoms with E-state index in [0.29, 0.717) is 24.5 Å². The van der Waals surface area contributed by atoms with Crippen LogP contribution in [-0.4, -0.2) is 108 Å². The van der Waals surface area contributed by atoms with Crippen LogP contribution in [0, 0.1) is 6.92 Å². The van der Waals surface area contributed by atoms with Gasteiger partial charge >= 0.3 is 6.18 Å². The van der Waals surface area contributed by atoms with E-state index in [1.54, 1.807) is 11.5 Å². The Balaban J connectivity index is 1.22. The van der Waals surface area contributed by atoms with Crippen LogP contribution in [0.15, 0.2) is 53.6 Å². The first kappa shape index (κ1) is 38.7. The number of amides is 2. The van der Waals surface area contributed by atoms with Gasteiger partial charge in [-0.1, -0.05) is 42.8 Å². The molecule has 56 heavy (non-hydrogen) atoms. The molecule has 19 heteroatoms. The highest BCUT2D eigenvalue weighted by atomic mass is 35.5. The number of morpholine rings is 1. The molecule has 0 aliphatic carbocycles. The summed E-state index contributed by atoms with van der Waals surface area (Å²) in [4.78, 5) is 59.6. The number of aromatic hydroxyl groups is 1. The summed E-state index contributed by atoms with van der Waals surface area (Å²) in [5.41, 5.74) is 1.12. The second-order valence-electron chi connectivity index (χ2n) is 13.4. The number of rotatable bonds is 9. The second-order valence-corrected chi connectivity index (χ2v) is 13.9. The fraction of sp³-hybridized carbons (Fsp3) is 0.378. The van der Waals surface area contributed by atoms with E-state index in [1.807, 2.05) is 36.1 Å². The SMILES string of the molecule is CCc1c(N2CCN(C(=O)c3ncnc(C)c3O)CC2)c(=O)n2nc(-c3ccc(CN4CCOCC4)cc3)nc2n1CC(=O)Nc1ccc(C(F)(F)F)cc1Cl. The van der Waals surface area contributed by atoms with Crippen LogP contribution in [0.4, 0.5) is 24.5 Å². The standard InChI is InChI=1S/C37H38ClF3N10O5/c1-3-28-31(48-10-12-49(13-11-48)34(54)30-32(53)22(2)42-21-43-30)35(55)51-36(50(28)20-29(52)44-27-9-8-25(18-26(27)38)37(39,40)41)45-33(46-51)24-6-4-23(5-7-24)19-47-14-16-56-17-15-47/h4-9,18,21,53H,3,10-17,19-20H2,1-2H3,(H,44,52). The Morgan fingerprint density at radius 1 is 1.00 bits per heavy atom. The van der Waals surface area contributed by atoms with Gasteiger partial charge in [0, 0.05) is 51.4 Å². The highest BCUT2D eigenvalue weighted by Crippen LogP contribution is 2.34. The molecule has 0 saturated carbocycles. The predicted octanol–water partition coefficient (Wildman–Crippen LogP) is 4.03. The third kappa shape index (κ3) is 7.89. The number of benzene rings is 2. The maximum Gasteiger partial charge on any atom is 0.416 e. The van der Waals surface area contributed by atoms with Crippen molar-refractivity contribution in [3.05, 3.63) is 92.4 Å². The van der Waals surface area contributed by atoms with Crippen LogP contribution in [0.2, 0.25) is 5.02 Å². The number of anilines is 2. The van der Waals surface area contributed by atoms with Gasteiger partial charge in [-0.3, -0.25) is 19.3 Å². The number of carbonyl (C=O) groups is 2. The highest BCUT2D eigenvalue weighted by molar-refractivity contribution is 6.33. The van der Waals surface area contributed by atoms with Crippen LogP contribution in [0.3, 0.4) is 0 Å². The first-order chi connectivity index (χ1) is 26.8. The van der Waals surface area contributed by atoms with E-state index in [0.717, 1.165) is 47.9 Å². The van der Waals surface area contributed by atoms with Crippen LogP contribution in [0.5, 0.6) is 5.75 Å². The number of nitrogens with zero attached hydrogens (tertiary/aromatic N) is 9. The minimum Gasteiger partial charge on any atom is -0.504 e. The van der Waals surface area contributed by atoms with Gasteiger partial charge in [0.05, 0.1) is 40.9 Å². The second kappa shape index (κ2) is 15.9. The lowest BCUT2D eigenvalue weighted by Gasteiger charge is -2.36. The smallest absolute Gasteiger partial charge is 0.416 e. The topological polar surface area (TPSA) is 163 Å². The third-order valence-electron chi connectivity index (χ3n) is 9.85. The number of hydrogen-bond acceptors (Lipinski definition) is 11. The largest absolute Gasteiger partial charge is 0.504 e. The molecule has 2 aliphatic rings. The molecule has 3 aromatic heterocycles. The van der Waals surface area contributed by atoms with Gasteiger partial charge in [0.15, 0.2) is 17.3 Å². The zero-order valence-electron chi connectivity index (χ0n) is 30.5. The van der Waals surface area contributed by atoms with E-state index in [2.05, 4.69) is 25.3 Å². The van der Waals surface area contributed by atoms with Gasteiger partial charge in [-0.2, -0.15) is 22.7 Å². The van der Waals surface area contributed by atoms with Crippen molar-refractivity contribution in [3.8, 4) is 17.1 Å². The zero-order valence-corrected chi connectivity index (χ0v) is 31.3. The molecule has 5 heterocycles. The van der Waals surface area contributed by atoms with Crippen molar-refractivity contribution < 1.29 is 32.6 Å². The normalized spacial score (nSPS) is 15.4. The molecule has 2 aromatic carbocycles. The van der Waals surface area contributed by atoms with Gasteiger partial charge in [0.25, 0.3) is 11.5 Å². The van der Waals surface area contributed by atoms with Crippen molar-refractivity contribution in [2.24, 2.45) is 0 Å². The van der Waals surface area contributed by atoms with E-state index in [-0.39, 0.29) is 77.7 Å². The molecule has 5 aromatic rings. The lowest BCUT2D eigenvalue weighted by molar-refractivity contribution is -0.137. The monoisotopic (exact) mass is 794 g/mol. The first-order valence-electron chi connectivity index (χ1n) is 18.0. The molecule has 7 rings (SSSR count). The lowest BCUT2D eigenvalue weighted by Crippen LogP contribution is -2.51. The molecule has 0 spiro atoms. The maximum absolute atomic E-state index is 14.4. The summed E-state index contributed by atoms with van der Waals surface area (Å²) >= 11 is 6.16. The maximum atomic E-state index is 14.4. The molecular formula is C37H38ClF3N10O5. The van der Waals surface area contributed by atoms with Crippen molar-refractivity contribution in [2.45, 2.75) is 39.5 Å². The number of nitrogens with one attached hydrogen (secondary N) is 1. The summed E-state index contributed by atoms with van der Waals surface area (Å²) in [7, 11) is 0. The molecular weight excluding hydrogens is 757 g/mol. The fourth-order valence-corrected chi connectivity index (χ4v) is 7.09. The van der Waals surface area contributed by atoms with E-state index < -0.39 is 35.7 Å². The van der Waals surface area contributed by atoms with Crippen LogP contribution < -0.4 is 15.8 Å². The number of ether oxygens (including phenoxy) is 1. The Bertz CT molecular complexity index is 2340. The molecule has 2 N–H and O–H groups in total. The van der Waals surface area contributed by atoms with Gasteiger partial charge in [-0.15, -0.1) is 5.10 Å². The Morgan fingerprint density at radius 3 is 2.38 bits per heavy atom. The molecule has 2 amide bonds. The lowest BCUT2D eigenvalue weighted by atomic mass is 10.1. The van der Waals surface area contributed by atoms with E-state index in [9.17, 15) is 32.7 Å². The van der Waals surface area contributed by atoms with Crippen molar-refractivity contribution in [2.75, 3.05) is 62.7 Å². The number of alkyl halides is 3. The predicted molar refractivity (Wildman–Crippen MR) is 200 cm³/mol. The van der Waals surface area contributed by atoms with Crippen LogP contribution in [0.1, 0.15) is 39.9 Å². The average molecular weight is 795 g/mol. The number of hydrogen-bond donors (Lipinski definition) is 2. The molecule has 2 fully saturated rings. The Labute approximate surface area is 323 Å². The Kier molecular flexibility index (Phi) is 11.0. The van der Waals surface area contributed by atoms with Gasteiger partial charge in [0.2, 0.25) is 11.7 Å². The third-order valence-corrected chi connectivity index (χ3v) is 10.2. The molecule has 15 nitrogen and oxygen atoms in total. The summed E-state index contributed by atoms with van der Waals surface area (Å²) in [6.45, 7) is 7.59. The number of aryl methyl sites for hydroxylation is 1. The van der Waals surface area contributed by atoms with Crippen molar-refractivity contribution in [1.29, 1.82) is 0 Å². The van der Waals surface area contributed by atoms with Crippen LogP contribution in [0.25, 0.3) is 17.2 Å². The molecule has 0 atom stereocenters. The zero-order chi connectivity index (χ0) is 39.7. The summed E-state index contributed by atoms with van der Waals surface area (Å²) in [6, 6.07) is 10.3. The van der Waals surface area contributed by atoms with Crippen molar-refractivity contribution in [3.63, 3.8) is 0 Å². The number of aromatic nitrogens is 6. The first-order valence-corrected chi connectivity index (χ1v) is 18.3. The quantitative estimate of drug-likeness (QED) is 0.222. The summed E-state index contributed by atoms with van der Waals surface area (Å²) in [6.07, 6.45) is -3.14. The molecule has 0 bridgehead atoms. The highest BCUT2D eigenvalue weighted by Gasteiger charge is 2.32. The Hall–Kier alpha value is -5.59. The molecule has 0 radical (unpaired) electrons. The molecule has 294 valence electrons. The fourth-order valence-electron chi connectivity index (χ4n) is 6.86. The number of halogens is 4. The van der Waals surface area contributed by atoms with Crippen LogP contribution >= 0.6 is 11.6 Å². The number of carbonyl (C=O) groups excluding carboxylic acids is 2. The van der Waals surface area contributed by atoms with Crippen LogP contribution in [-0.2, 0) is 35.2 Å². The van der Waals surface area contributed by atoms with E-state index in [1.165, 1.54) is 11.2 Å². The minimum absolute atomic E-state index is 0.0231. The van der Waals surface area contributed by atoms with Gasteiger partial charge in [0.1, 0.15) is 18.6 Å². The van der Waals surface area contributed by atoms with Crippen molar-refractivity contribution in [1.82, 2.24) is 38.9 Å². The summed E-state index contributed by atoms with van der Waals surface area (Å²) in [5, 5.41) is 17.3. The van der Waals surface area contributed by atoms with Gasteiger partial charge < -0.3 is 29.5 Å². The average Bonchev–Trinajstić information content (AvgIpc) is 3.64. The number of fused-ring (bicyclic) bond motifs is 1. The van der Waals surface area contributed by atoms with E-state index in [4.69, 9.17) is 21.3 Å². The molecule has 2 aliphatic heterocycles. The summed E-state index contributed by atoms with van der Waals surface area (Å²) in [5.74, 6) is -1.09. The number of piperazine rings is 1. The Morgan fingerprint density at radius 2 is 1.71 bits per heavy atom. The van der Waals surface area contributed by atoms with Crippen molar-refractivity contribution >= 4 is 40.6 Å². The van der Waals surface area contributed by atoms with Gasteiger partial charge in [-0.25, -0.2) is 9.97 Å². The van der Waals surface area contributed by atoms with Gasteiger partial charge in [-0.05, 0) is 37.1 Å². The molecule has 0 unspecified atom stereocenters. The molecule has 2 saturated heterocycles. The van der Waals surface area contributed by atoms with E-state index >= 15 is 0 Å².